The van der Waals surface area contributed by atoms with Crippen LogP contribution in [0.5, 0.6) is 0 Å². The molecule has 0 bridgehead atoms. The third kappa shape index (κ3) is 1.05. The fourth-order valence-corrected chi connectivity index (χ4v) is 0.837. The Balaban J connectivity index is 3.36. The van der Waals surface area contributed by atoms with Crippen molar-refractivity contribution in [3.05, 3.63) is 12.2 Å². The molecule has 0 atom stereocenters. The van der Waals surface area contributed by atoms with Crippen LogP contribution < -0.4 is 0 Å². The Morgan fingerprint density at radius 1 is 0.500 bits per heavy atom. The van der Waals surface area contributed by atoms with Gasteiger partial charge in [0.05, 0.1) is 0 Å². The van der Waals surface area contributed by atoms with Gasteiger partial charge in [0.25, 0.3) is 0 Å². The Morgan fingerprint density at radius 2 is 0.714 bits per heavy atom. The van der Waals surface area contributed by atoms with E-state index in [2.05, 4.69) is 0 Å². The van der Waals surface area contributed by atoms with Crippen LogP contribution in [0.2, 0.25) is 0 Å². The molecular formula is C6H2F8. The summed E-state index contributed by atoms with van der Waals surface area (Å²) < 4.78 is 97.6. The van der Waals surface area contributed by atoms with Crippen LogP contribution in [0.4, 0.5) is 35.1 Å². The maximum absolute atomic E-state index is 12.2. The molecule has 0 saturated carbocycles. The lowest BCUT2D eigenvalue weighted by molar-refractivity contribution is -0.352. The van der Waals surface area contributed by atoms with Crippen LogP contribution in [0.15, 0.2) is 12.2 Å². The summed E-state index contributed by atoms with van der Waals surface area (Å²) in [6.07, 6.45) is -1.82. The molecule has 0 amide bonds. The van der Waals surface area contributed by atoms with Gasteiger partial charge in [0.15, 0.2) is 0 Å². The predicted molar refractivity (Wildman–Crippen MR) is 28.9 cm³/mol. The fourth-order valence-electron chi connectivity index (χ4n) is 0.837. The van der Waals surface area contributed by atoms with Crippen molar-refractivity contribution < 1.29 is 35.1 Å². The highest BCUT2D eigenvalue weighted by Crippen LogP contribution is 2.56. The predicted octanol–water partition coefficient (Wildman–Crippen LogP) is 3.10. The zero-order valence-corrected chi connectivity index (χ0v) is 6.18. The van der Waals surface area contributed by atoms with Gasteiger partial charge >= 0.3 is 23.7 Å². The van der Waals surface area contributed by atoms with E-state index in [1.54, 1.807) is 0 Å². The Morgan fingerprint density at radius 3 is 0.929 bits per heavy atom. The van der Waals surface area contributed by atoms with Crippen LogP contribution in [0.3, 0.4) is 0 Å². The quantitative estimate of drug-likeness (QED) is 0.439. The SMILES string of the molecule is FC1(F)C=CC(F)(F)C(F)(F)C1(F)F. The third-order valence-corrected chi connectivity index (χ3v) is 1.73. The topological polar surface area (TPSA) is 0 Å². The molecule has 0 radical (unpaired) electrons. The molecule has 0 heterocycles. The Labute approximate surface area is 72.2 Å². The van der Waals surface area contributed by atoms with Gasteiger partial charge in [0.1, 0.15) is 0 Å². The molecule has 0 N–H and O–H groups in total. The third-order valence-electron chi connectivity index (χ3n) is 1.73. The Hall–Kier alpha value is -0.820. The number of hydrogen-bond acceptors (Lipinski definition) is 0. The van der Waals surface area contributed by atoms with E-state index in [-0.39, 0.29) is 0 Å². The number of halogens is 8. The molecule has 0 nitrogen and oxygen atoms in total. The summed E-state index contributed by atoms with van der Waals surface area (Å²) in [5, 5.41) is 0. The second-order valence-corrected chi connectivity index (χ2v) is 2.73. The number of alkyl halides is 8. The van der Waals surface area contributed by atoms with Gasteiger partial charge < -0.3 is 0 Å². The highest BCUT2D eigenvalue weighted by atomic mass is 19.4. The van der Waals surface area contributed by atoms with Gasteiger partial charge in [-0.25, -0.2) is 0 Å². The van der Waals surface area contributed by atoms with E-state index in [0.717, 1.165) is 0 Å². The summed E-state index contributed by atoms with van der Waals surface area (Å²) in [7, 11) is 0. The minimum absolute atomic E-state index is 0.912. The van der Waals surface area contributed by atoms with Crippen molar-refractivity contribution in [2.24, 2.45) is 0 Å². The van der Waals surface area contributed by atoms with Crippen LogP contribution in [0, 0.1) is 0 Å². The lowest BCUT2D eigenvalue weighted by Gasteiger charge is -2.37. The molecule has 8 heteroatoms. The zero-order valence-electron chi connectivity index (χ0n) is 6.18. The van der Waals surface area contributed by atoms with Crippen LogP contribution in [0.25, 0.3) is 0 Å². The van der Waals surface area contributed by atoms with Crippen LogP contribution in [-0.4, -0.2) is 23.7 Å². The highest BCUT2D eigenvalue weighted by molar-refractivity contribution is 5.22. The summed E-state index contributed by atoms with van der Waals surface area (Å²) in [5.74, 6) is -22.8. The fraction of sp³-hybridized carbons (Fsp3) is 0.667. The number of allylic oxidation sites excluding steroid dienone is 2. The van der Waals surface area contributed by atoms with Crippen molar-refractivity contribution in [3.63, 3.8) is 0 Å². The first kappa shape index (κ1) is 11.3. The molecule has 1 rings (SSSR count). The average molecular weight is 226 g/mol. The van der Waals surface area contributed by atoms with Crippen molar-refractivity contribution in [1.29, 1.82) is 0 Å². The Kier molecular flexibility index (Phi) is 1.93. The van der Waals surface area contributed by atoms with E-state index in [0.29, 0.717) is 0 Å². The van der Waals surface area contributed by atoms with Gasteiger partial charge in [-0.1, -0.05) is 0 Å². The lowest BCUT2D eigenvalue weighted by atomic mass is 9.92. The van der Waals surface area contributed by atoms with E-state index < -0.39 is 35.8 Å². The van der Waals surface area contributed by atoms with Gasteiger partial charge in [0.2, 0.25) is 0 Å². The molecular weight excluding hydrogens is 224 g/mol. The minimum Gasteiger partial charge on any atom is -0.195 e. The number of rotatable bonds is 0. The monoisotopic (exact) mass is 226 g/mol. The molecule has 0 aromatic rings. The summed E-state index contributed by atoms with van der Waals surface area (Å²) in [4.78, 5) is 0. The molecule has 82 valence electrons. The normalized spacial score (nSPS) is 31.4. The summed E-state index contributed by atoms with van der Waals surface area (Å²) in [6, 6.07) is 0. The summed E-state index contributed by atoms with van der Waals surface area (Å²) in [6.45, 7) is 0. The van der Waals surface area contributed by atoms with Crippen LogP contribution in [0.1, 0.15) is 0 Å². The first-order valence-electron chi connectivity index (χ1n) is 3.17. The van der Waals surface area contributed by atoms with E-state index in [1.807, 2.05) is 0 Å². The highest BCUT2D eigenvalue weighted by Gasteiger charge is 2.81. The standard InChI is InChI=1S/C6H2F8/c7-3(8)1-2-4(9,10)6(13,14)5(3,11)12/h1-2H. The minimum atomic E-state index is -6.10. The molecule has 14 heavy (non-hydrogen) atoms. The average Bonchev–Trinajstić information content (AvgIpc) is 1.98. The van der Waals surface area contributed by atoms with Crippen molar-refractivity contribution in [2.75, 3.05) is 0 Å². The smallest absolute Gasteiger partial charge is 0.195 e. The molecule has 0 saturated heterocycles. The first-order valence-corrected chi connectivity index (χ1v) is 3.17. The molecule has 0 unspecified atom stereocenters. The molecule has 0 fully saturated rings. The lowest BCUT2D eigenvalue weighted by Crippen LogP contribution is -2.63. The van der Waals surface area contributed by atoms with E-state index in [1.165, 1.54) is 0 Å². The van der Waals surface area contributed by atoms with Gasteiger partial charge in [-0.3, -0.25) is 0 Å². The summed E-state index contributed by atoms with van der Waals surface area (Å²) in [5.41, 5.74) is 0. The van der Waals surface area contributed by atoms with Gasteiger partial charge in [-0.05, 0) is 12.2 Å². The van der Waals surface area contributed by atoms with Crippen LogP contribution in [-0.2, 0) is 0 Å². The van der Waals surface area contributed by atoms with Crippen molar-refractivity contribution in [1.82, 2.24) is 0 Å². The first-order chi connectivity index (χ1) is 5.96. The molecule has 0 aliphatic heterocycles. The molecule has 0 aromatic heterocycles. The molecule has 0 aromatic carbocycles. The number of hydrogen-bond donors (Lipinski definition) is 0. The van der Waals surface area contributed by atoms with E-state index in [9.17, 15) is 35.1 Å². The molecule has 1 aliphatic rings. The van der Waals surface area contributed by atoms with Crippen LogP contribution >= 0.6 is 0 Å². The second-order valence-electron chi connectivity index (χ2n) is 2.73. The van der Waals surface area contributed by atoms with E-state index in [4.69, 9.17) is 0 Å². The van der Waals surface area contributed by atoms with Crippen molar-refractivity contribution in [2.45, 2.75) is 23.7 Å². The van der Waals surface area contributed by atoms with Gasteiger partial charge in [-0.15, -0.1) is 0 Å². The van der Waals surface area contributed by atoms with Gasteiger partial charge in [0, 0.05) is 0 Å². The molecule has 1 aliphatic carbocycles. The Bertz CT molecular complexity index is 248. The second kappa shape index (κ2) is 2.40. The zero-order chi connectivity index (χ0) is 11.4. The van der Waals surface area contributed by atoms with Crippen molar-refractivity contribution in [3.8, 4) is 0 Å². The van der Waals surface area contributed by atoms with Gasteiger partial charge in [-0.2, -0.15) is 35.1 Å². The summed E-state index contributed by atoms with van der Waals surface area (Å²) >= 11 is 0. The van der Waals surface area contributed by atoms with E-state index >= 15 is 0 Å². The maximum atomic E-state index is 12.2. The van der Waals surface area contributed by atoms with Crippen molar-refractivity contribution >= 4 is 0 Å². The molecule has 0 spiro atoms. The maximum Gasteiger partial charge on any atom is 0.382 e. The largest absolute Gasteiger partial charge is 0.382 e.